The summed E-state index contributed by atoms with van der Waals surface area (Å²) in [5.41, 5.74) is 3.28. The zero-order chi connectivity index (χ0) is 18.2. The Morgan fingerprint density at radius 2 is 1.42 bits per heavy atom. The molecule has 2 nitrogen and oxygen atoms in total. The highest BCUT2D eigenvalue weighted by atomic mass is 16.5. The average Bonchev–Trinajstić information content (AvgIpc) is 2.69. The minimum Gasteiger partial charge on any atom is -0.483 e. The van der Waals surface area contributed by atoms with Crippen molar-refractivity contribution in [2.75, 3.05) is 6.54 Å². The predicted molar refractivity (Wildman–Crippen MR) is 108 cm³/mol. The lowest BCUT2D eigenvalue weighted by Crippen LogP contribution is -2.33. The molecule has 3 aromatic rings. The third-order valence-corrected chi connectivity index (χ3v) is 4.76. The van der Waals surface area contributed by atoms with Crippen LogP contribution in [0.5, 0.6) is 5.75 Å². The molecular weight excluding hydrogens is 318 g/mol. The lowest BCUT2D eigenvalue weighted by atomic mass is 9.92. The third kappa shape index (κ3) is 4.74. The number of para-hydroxylation sites is 1. The van der Waals surface area contributed by atoms with E-state index in [0.29, 0.717) is 0 Å². The van der Waals surface area contributed by atoms with Crippen LogP contribution in [0, 0.1) is 6.92 Å². The van der Waals surface area contributed by atoms with Crippen molar-refractivity contribution in [2.45, 2.75) is 32.4 Å². The van der Waals surface area contributed by atoms with Crippen LogP contribution >= 0.6 is 0 Å². The SMILES string of the molecule is Cc1ccccc1OC(C)(CCNCc1ccccc1)c1ccccc1. The Morgan fingerprint density at radius 3 is 2.12 bits per heavy atom. The number of benzene rings is 3. The van der Waals surface area contributed by atoms with Crippen LogP contribution in [0.4, 0.5) is 0 Å². The van der Waals surface area contributed by atoms with Gasteiger partial charge < -0.3 is 10.1 Å². The number of ether oxygens (including phenoxy) is 1. The topological polar surface area (TPSA) is 21.3 Å². The number of hydrogen-bond donors (Lipinski definition) is 1. The summed E-state index contributed by atoms with van der Waals surface area (Å²) in [5.74, 6) is 0.946. The minimum atomic E-state index is -0.378. The molecule has 134 valence electrons. The van der Waals surface area contributed by atoms with Crippen molar-refractivity contribution in [1.29, 1.82) is 0 Å². The van der Waals surface area contributed by atoms with Crippen molar-refractivity contribution >= 4 is 0 Å². The summed E-state index contributed by atoms with van der Waals surface area (Å²) in [6.07, 6.45) is 0.887. The number of rotatable bonds is 8. The highest BCUT2D eigenvalue weighted by molar-refractivity contribution is 5.34. The highest BCUT2D eigenvalue weighted by Crippen LogP contribution is 2.32. The predicted octanol–water partition coefficient (Wildman–Crippen LogP) is 5.47. The van der Waals surface area contributed by atoms with Crippen LogP contribution in [0.15, 0.2) is 84.9 Å². The second-order valence-corrected chi connectivity index (χ2v) is 6.88. The largest absolute Gasteiger partial charge is 0.483 e. The maximum Gasteiger partial charge on any atom is 0.132 e. The Bertz CT molecular complexity index is 801. The molecule has 0 amide bonds. The lowest BCUT2D eigenvalue weighted by Gasteiger charge is -2.32. The van der Waals surface area contributed by atoms with Crippen molar-refractivity contribution in [3.8, 4) is 5.75 Å². The van der Waals surface area contributed by atoms with E-state index in [-0.39, 0.29) is 5.60 Å². The van der Waals surface area contributed by atoms with Crippen LogP contribution in [-0.2, 0) is 12.1 Å². The molecular formula is C24H27NO. The van der Waals surface area contributed by atoms with Crippen LogP contribution in [0.3, 0.4) is 0 Å². The van der Waals surface area contributed by atoms with Gasteiger partial charge in [0.1, 0.15) is 11.4 Å². The summed E-state index contributed by atoms with van der Waals surface area (Å²) in [5, 5.41) is 3.55. The molecule has 3 aromatic carbocycles. The Kier molecular flexibility index (Phi) is 6.08. The average molecular weight is 345 g/mol. The second kappa shape index (κ2) is 8.68. The molecule has 0 saturated carbocycles. The molecule has 0 aliphatic carbocycles. The molecule has 0 aliphatic heterocycles. The van der Waals surface area contributed by atoms with Crippen molar-refractivity contribution in [1.82, 2.24) is 5.32 Å². The second-order valence-electron chi connectivity index (χ2n) is 6.88. The molecule has 0 spiro atoms. The summed E-state index contributed by atoms with van der Waals surface area (Å²) in [6, 6.07) is 29.2. The van der Waals surface area contributed by atoms with Gasteiger partial charge in [-0.25, -0.2) is 0 Å². The van der Waals surface area contributed by atoms with E-state index in [4.69, 9.17) is 4.74 Å². The van der Waals surface area contributed by atoms with E-state index < -0.39 is 0 Å². The molecule has 1 atom stereocenters. The van der Waals surface area contributed by atoms with Crippen molar-refractivity contribution in [2.24, 2.45) is 0 Å². The van der Waals surface area contributed by atoms with E-state index in [1.807, 2.05) is 30.3 Å². The number of nitrogens with one attached hydrogen (secondary N) is 1. The fourth-order valence-electron chi connectivity index (χ4n) is 3.11. The fraction of sp³-hybridized carbons (Fsp3) is 0.250. The zero-order valence-electron chi connectivity index (χ0n) is 15.6. The van der Waals surface area contributed by atoms with Crippen LogP contribution in [0.25, 0.3) is 0 Å². The lowest BCUT2D eigenvalue weighted by molar-refractivity contribution is 0.0761. The standard InChI is InChI=1S/C24H27NO/c1-20-11-9-10-16-23(20)26-24(2,22-14-7-4-8-15-22)17-18-25-19-21-12-5-3-6-13-21/h3-16,25H,17-19H2,1-2H3. The Labute approximate surface area is 156 Å². The van der Waals surface area contributed by atoms with Crippen LogP contribution in [-0.4, -0.2) is 6.54 Å². The quantitative estimate of drug-likeness (QED) is 0.547. The smallest absolute Gasteiger partial charge is 0.132 e. The summed E-state index contributed by atoms with van der Waals surface area (Å²) < 4.78 is 6.53. The normalized spacial score (nSPS) is 13.2. The summed E-state index contributed by atoms with van der Waals surface area (Å²) in [4.78, 5) is 0. The van der Waals surface area contributed by atoms with Crippen molar-refractivity contribution in [3.63, 3.8) is 0 Å². The van der Waals surface area contributed by atoms with Gasteiger partial charge in [0.25, 0.3) is 0 Å². The van der Waals surface area contributed by atoms with Gasteiger partial charge in [0.05, 0.1) is 0 Å². The number of hydrogen-bond acceptors (Lipinski definition) is 2. The first-order valence-electron chi connectivity index (χ1n) is 9.22. The third-order valence-electron chi connectivity index (χ3n) is 4.76. The van der Waals surface area contributed by atoms with Crippen LogP contribution in [0.1, 0.15) is 30.0 Å². The number of aryl methyl sites for hydroxylation is 1. The fourth-order valence-corrected chi connectivity index (χ4v) is 3.11. The van der Waals surface area contributed by atoms with E-state index in [1.165, 1.54) is 11.1 Å². The maximum atomic E-state index is 6.53. The molecule has 0 radical (unpaired) electrons. The van der Waals surface area contributed by atoms with E-state index in [0.717, 1.165) is 30.8 Å². The zero-order valence-corrected chi connectivity index (χ0v) is 15.6. The van der Waals surface area contributed by atoms with Crippen LogP contribution < -0.4 is 10.1 Å². The van der Waals surface area contributed by atoms with E-state index in [1.54, 1.807) is 0 Å². The molecule has 1 N–H and O–H groups in total. The maximum absolute atomic E-state index is 6.53. The molecule has 0 aromatic heterocycles. The van der Waals surface area contributed by atoms with Gasteiger partial charge in [-0.3, -0.25) is 0 Å². The van der Waals surface area contributed by atoms with Crippen molar-refractivity contribution < 1.29 is 4.74 Å². The summed E-state index contributed by atoms with van der Waals surface area (Å²) in [6.45, 7) is 6.02. The molecule has 3 rings (SSSR count). The van der Waals surface area contributed by atoms with Gasteiger partial charge in [0.15, 0.2) is 0 Å². The van der Waals surface area contributed by atoms with E-state index in [9.17, 15) is 0 Å². The van der Waals surface area contributed by atoms with E-state index >= 15 is 0 Å². The van der Waals surface area contributed by atoms with Gasteiger partial charge in [0, 0.05) is 13.0 Å². The first-order valence-corrected chi connectivity index (χ1v) is 9.22. The molecule has 0 fully saturated rings. The summed E-state index contributed by atoms with van der Waals surface area (Å²) >= 11 is 0. The molecule has 0 heterocycles. The van der Waals surface area contributed by atoms with Gasteiger partial charge in [-0.15, -0.1) is 0 Å². The Morgan fingerprint density at radius 1 is 0.808 bits per heavy atom. The minimum absolute atomic E-state index is 0.378. The molecule has 26 heavy (non-hydrogen) atoms. The molecule has 2 heteroatoms. The molecule has 0 saturated heterocycles. The van der Waals surface area contributed by atoms with Crippen LogP contribution in [0.2, 0.25) is 0 Å². The molecule has 1 unspecified atom stereocenters. The van der Waals surface area contributed by atoms with E-state index in [2.05, 4.69) is 73.8 Å². The monoisotopic (exact) mass is 345 g/mol. The van der Waals surface area contributed by atoms with Crippen molar-refractivity contribution in [3.05, 3.63) is 102 Å². The van der Waals surface area contributed by atoms with Gasteiger partial charge >= 0.3 is 0 Å². The summed E-state index contributed by atoms with van der Waals surface area (Å²) in [7, 11) is 0. The molecule has 0 bridgehead atoms. The van der Waals surface area contributed by atoms with Gasteiger partial charge in [0.2, 0.25) is 0 Å². The first kappa shape index (κ1) is 18.2. The highest BCUT2D eigenvalue weighted by Gasteiger charge is 2.28. The Balaban J connectivity index is 1.70. The molecule has 0 aliphatic rings. The Hall–Kier alpha value is -2.58. The van der Waals surface area contributed by atoms with Gasteiger partial charge in [-0.05, 0) is 43.1 Å². The van der Waals surface area contributed by atoms with Gasteiger partial charge in [-0.1, -0.05) is 78.9 Å². The first-order chi connectivity index (χ1) is 12.7. The van der Waals surface area contributed by atoms with Gasteiger partial charge in [-0.2, -0.15) is 0 Å².